The molecule has 0 aliphatic carbocycles. The lowest BCUT2D eigenvalue weighted by Crippen LogP contribution is -2.17. The number of aromatic hydroxyl groups is 1. The standard InChI is InChI=1S/C10H12ClNO.C8H7N3O2/c1-7(2)8-4-3-5-9(10(8)11)12-6-13;1-5-7(12)10-6-4-9-2-3-11(6)8(5)13/h3-7H,1-2H3,(H,12,13);2-4,12H,1H3. The molecule has 2 heterocycles. The van der Waals surface area contributed by atoms with Gasteiger partial charge in [0.15, 0.2) is 5.65 Å². The van der Waals surface area contributed by atoms with Crippen LogP contribution in [0.2, 0.25) is 5.02 Å². The number of nitrogens with zero attached hydrogens (tertiary/aromatic N) is 3. The van der Waals surface area contributed by atoms with Crippen LogP contribution in [0.1, 0.15) is 30.9 Å². The van der Waals surface area contributed by atoms with Gasteiger partial charge in [-0.2, -0.15) is 4.98 Å². The lowest BCUT2D eigenvalue weighted by molar-refractivity contribution is -0.105. The maximum Gasteiger partial charge on any atom is 0.264 e. The molecule has 2 N–H and O–H groups in total. The third-order valence-electron chi connectivity index (χ3n) is 3.70. The normalized spacial score (nSPS) is 10.3. The molecule has 2 aromatic heterocycles. The number of rotatable bonds is 3. The molecule has 3 rings (SSSR count). The predicted octanol–water partition coefficient (Wildman–Crippen LogP) is 3.14. The second-order valence-electron chi connectivity index (χ2n) is 5.80. The lowest BCUT2D eigenvalue weighted by Gasteiger charge is -2.10. The molecule has 0 aliphatic heterocycles. The van der Waals surface area contributed by atoms with Crippen molar-refractivity contribution < 1.29 is 9.90 Å². The Balaban J connectivity index is 0.000000187. The van der Waals surface area contributed by atoms with E-state index >= 15 is 0 Å². The summed E-state index contributed by atoms with van der Waals surface area (Å²) in [6.45, 7) is 5.65. The third kappa shape index (κ3) is 4.18. The number of benzene rings is 1. The summed E-state index contributed by atoms with van der Waals surface area (Å²) in [5.41, 5.74) is 2.03. The number of carbonyl (C=O) groups is 1. The molecule has 7 nitrogen and oxygen atoms in total. The van der Waals surface area contributed by atoms with Gasteiger partial charge in [0, 0.05) is 12.4 Å². The topological polar surface area (TPSA) is 96.6 Å². The summed E-state index contributed by atoms with van der Waals surface area (Å²) < 4.78 is 1.34. The highest BCUT2D eigenvalue weighted by Gasteiger charge is 2.08. The molecule has 0 fully saturated rings. The largest absolute Gasteiger partial charge is 0.493 e. The molecule has 0 unspecified atom stereocenters. The Hall–Kier alpha value is -2.93. The Kier molecular flexibility index (Phi) is 6.30. The van der Waals surface area contributed by atoms with Gasteiger partial charge in [-0.15, -0.1) is 0 Å². The fourth-order valence-electron chi connectivity index (χ4n) is 2.25. The summed E-state index contributed by atoms with van der Waals surface area (Å²) in [6.07, 6.45) is 5.05. The van der Waals surface area contributed by atoms with Gasteiger partial charge in [0.1, 0.15) is 0 Å². The number of hydrogen-bond acceptors (Lipinski definition) is 5. The minimum atomic E-state index is -0.273. The molecule has 1 aromatic carbocycles. The fourth-order valence-corrected chi connectivity index (χ4v) is 2.65. The first-order chi connectivity index (χ1) is 12.4. The average molecular weight is 375 g/mol. The first kappa shape index (κ1) is 19.4. The Bertz CT molecular complexity index is 986. The van der Waals surface area contributed by atoms with E-state index in [4.69, 9.17) is 11.6 Å². The zero-order valence-electron chi connectivity index (χ0n) is 14.6. The van der Waals surface area contributed by atoms with E-state index in [2.05, 4.69) is 29.1 Å². The van der Waals surface area contributed by atoms with Gasteiger partial charge < -0.3 is 10.4 Å². The van der Waals surface area contributed by atoms with Crippen LogP contribution in [0, 0.1) is 6.92 Å². The lowest BCUT2D eigenvalue weighted by atomic mass is 10.0. The monoisotopic (exact) mass is 374 g/mol. The highest BCUT2D eigenvalue weighted by Crippen LogP contribution is 2.30. The van der Waals surface area contributed by atoms with Crippen LogP contribution in [0.15, 0.2) is 41.6 Å². The molecule has 3 aromatic rings. The second-order valence-corrected chi connectivity index (χ2v) is 6.17. The number of carbonyl (C=O) groups excluding carboxylic acids is 1. The predicted molar refractivity (Wildman–Crippen MR) is 101 cm³/mol. The van der Waals surface area contributed by atoms with Crippen LogP contribution in [0.3, 0.4) is 0 Å². The van der Waals surface area contributed by atoms with Gasteiger partial charge >= 0.3 is 0 Å². The Morgan fingerprint density at radius 2 is 2.08 bits per heavy atom. The van der Waals surface area contributed by atoms with E-state index in [1.807, 2.05) is 12.1 Å². The molecular formula is C18H19ClN4O3. The zero-order valence-corrected chi connectivity index (χ0v) is 15.4. The van der Waals surface area contributed by atoms with Crippen molar-refractivity contribution in [2.45, 2.75) is 26.7 Å². The minimum Gasteiger partial charge on any atom is -0.493 e. The Morgan fingerprint density at radius 1 is 1.35 bits per heavy atom. The van der Waals surface area contributed by atoms with Crippen LogP contribution >= 0.6 is 11.6 Å². The van der Waals surface area contributed by atoms with E-state index < -0.39 is 0 Å². The van der Waals surface area contributed by atoms with Crippen molar-refractivity contribution in [3.05, 3.63) is 63.3 Å². The van der Waals surface area contributed by atoms with Crippen LogP contribution in [0.5, 0.6) is 5.88 Å². The molecule has 0 saturated heterocycles. The van der Waals surface area contributed by atoms with Crippen molar-refractivity contribution in [3.8, 4) is 5.88 Å². The average Bonchev–Trinajstić information content (AvgIpc) is 2.62. The molecule has 26 heavy (non-hydrogen) atoms. The minimum absolute atomic E-state index is 0.238. The molecule has 0 saturated carbocycles. The van der Waals surface area contributed by atoms with Gasteiger partial charge in [-0.05, 0) is 24.5 Å². The van der Waals surface area contributed by atoms with E-state index in [1.165, 1.54) is 29.9 Å². The van der Waals surface area contributed by atoms with E-state index in [0.29, 0.717) is 28.7 Å². The van der Waals surface area contributed by atoms with E-state index in [9.17, 15) is 14.7 Å². The van der Waals surface area contributed by atoms with Crippen molar-refractivity contribution in [2.75, 3.05) is 5.32 Å². The quantitative estimate of drug-likeness (QED) is 0.686. The number of aromatic nitrogens is 3. The Labute approximate surface area is 155 Å². The van der Waals surface area contributed by atoms with Gasteiger partial charge in [0.25, 0.3) is 5.56 Å². The van der Waals surface area contributed by atoms with Crippen molar-refractivity contribution >= 4 is 29.3 Å². The van der Waals surface area contributed by atoms with E-state index in [0.717, 1.165) is 5.56 Å². The van der Waals surface area contributed by atoms with Crippen LogP contribution in [-0.4, -0.2) is 25.9 Å². The number of fused-ring (bicyclic) bond motifs is 1. The summed E-state index contributed by atoms with van der Waals surface area (Å²) in [6, 6.07) is 5.62. The highest BCUT2D eigenvalue weighted by atomic mass is 35.5. The maximum absolute atomic E-state index is 11.5. The zero-order chi connectivity index (χ0) is 19.3. The Morgan fingerprint density at radius 3 is 2.73 bits per heavy atom. The van der Waals surface area contributed by atoms with Crippen molar-refractivity contribution in [1.29, 1.82) is 0 Å². The summed E-state index contributed by atoms with van der Waals surface area (Å²) in [4.78, 5) is 29.3. The maximum atomic E-state index is 11.5. The number of hydrogen-bond donors (Lipinski definition) is 2. The number of anilines is 1. The fraction of sp³-hybridized carbons (Fsp3) is 0.222. The van der Waals surface area contributed by atoms with Gasteiger partial charge in [0.05, 0.1) is 22.5 Å². The van der Waals surface area contributed by atoms with Crippen molar-refractivity contribution in [3.63, 3.8) is 0 Å². The first-order valence-corrected chi connectivity index (χ1v) is 8.25. The summed E-state index contributed by atoms with van der Waals surface area (Å²) >= 11 is 6.06. The van der Waals surface area contributed by atoms with Gasteiger partial charge in [-0.25, -0.2) is 0 Å². The molecule has 0 radical (unpaired) electrons. The van der Waals surface area contributed by atoms with E-state index in [1.54, 1.807) is 6.07 Å². The van der Waals surface area contributed by atoms with Gasteiger partial charge in [-0.1, -0.05) is 37.6 Å². The molecule has 8 heteroatoms. The molecule has 0 spiro atoms. The molecular weight excluding hydrogens is 356 g/mol. The molecule has 0 bridgehead atoms. The SMILES string of the molecule is CC(C)c1cccc(NC=O)c1Cl.Cc1c(O)nc2cnccn2c1=O. The third-order valence-corrected chi connectivity index (χ3v) is 4.12. The van der Waals surface area contributed by atoms with Crippen LogP contribution in [0.4, 0.5) is 5.69 Å². The summed E-state index contributed by atoms with van der Waals surface area (Å²) in [7, 11) is 0. The van der Waals surface area contributed by atoms with E-state index in [-0.39, 0.29) is 17.0 Å². The molecule has 1 amide bonds. The smallest absolute Gasteiger partial charge is 0.264 e. The number of nitrogens with one attached hydrogen (secondary N) is 1. The summed E-state index contributed by atoms with van der Waals surface area (Å²) in [5.74, 6) is 0.124. The van der Waals surface area contributed by atoms with Gasteiger partial charge in [0.2, 0.25) is 12.3 Å². The molecule has 136 valence electrons. The van der Waals surface area contributed by atoms with Gasteiger partial charge in [-0.3, -0.25) is 19.0 Å². The highest BCUT2D eigenvalue weighted by molar-refractivity contribution is 6.34. The van der Waals surface area contributed by atoms with Crippen LogP contribution < -0.4 is 10.9 Å². The van der Waals surface area contributed by atoms with Crippen LogP contribution in [0.25, 0.3) is 5.65 Å². The van der Waals surface area contributed by atoms with Crippen molar-refractivity contribution in [2.24, 2.45) is 0 Å². The molecule has 0 aliphatic rings. The molecule has 0 atom stereocenters. The second kappa shape index (κ2) is 8.44. The van der Waals surface area contributed by atoms with Crippen LogP contribution in [-0.2, 0) is 4.79 Å². The van der Waals surface area contributed by atoms with Crippen molar-refractivity contribution in [1.82, 2.24) is 14.4 Å². The first-order valence-electron chi connectivity index (χ1n) is 7.87. The number of halogens is 1. The summed E-state index contributed by atoms with van der Waals surface area (Å²) in [5, 5.41) is 12.4. The number of amides is 1.